The van der Waals surface area contributed by atoms with Crippen molar-refractivity contribution in [2.45, 2.75) is 18.4 Å². The summed E-state index contributed by atoms with van der Waals surface area (Å²) >= 11 is 0. The molecule has 5 rings (SSSR count). The van der Waals surface area contributed by atoms with Gasteiger partial charge >= 0.3 is 0 Å². The van der Waals surface area contributed by atoms with Crippen molar-refractivity contribution in [2.75, 3.05) is 20.1 Å². The molecular formula is C18H21ClN2O3. The summed E-state index contributed by atoms with van der Waals surface area (Å²) in [6.07, 6.45) is 2.28. The number of nitrogens with zero attached hydrogens (tertiary/aromatic N) is 1. The second-order valence-corrected chi connectivity index (χ2v) is 6.96. The minimum absolute atomic E-state index is 0. The molecule has 0 radical (unpaired) electrons. The number of rotatable bonds is 3. The van der Waals surface area contributed by atoms with Gasteiger partial charge < -0.3 is 15.5 Å². The van der Waals surface area contributed by atoms with Crippen molar-refractivity contribution in [3.63, 3.8) is 0 Å². The number of aromatic hydroxyl groups is 2. The predicted molar refractivity (Wildman–Crippen MR) is 94.9 cm³/mol. The lowest BCUT2D eigenvalue weighted by Gasteiger charge is -2.41. The molecule has 0 spiro atoms. The molecule has 6 heteroatoms. The smallest absolute Gasteiger partial charge is 0.255 e. The third kappa shape index (κ3) is 2.58. The first-order chi connectivity index (χ1) is 11.0. The van der Waals surface area contributed by atoms with Crippen molar-refractivity contribution in [1.82, 2.24) is 10.2 Å². The molecule has 128 valence electrons. The van der Waals surface area contributed by atoms with Gasteiger partial charge in [-0.05, 0) is 60.8 Å². The highest BCUT2D eigenvalue weighted by Crippen LogP contribution is 2.49. The summed E-state index contributed by atoms with van der Waals surface area (Å²) in [7, 11) is 2.11. The van der Waals surface area contributed by atoms with Gasteiger partial charge in [-0.25, -0.2) is 0 Å². The largest absolute Gasteiger partial charge is 0.508 e. The van der Waals surface area contributed by atoms with E-state index in [4.69, 9.17) is 0 Å². The summed E-state index contributed by atoms with van der Waals surface area (Å²) in [4.78, 5) is 14.8. The first-order valence-corrected chi connectivity index (χ1v) is 7.92. The average Bonchev–Trinajstić information content (AvgIpc) is 2.96. The molecule has 5 nitrogen and oxygen atoms in total. The van der Waals surface area contributed by atoms with E-state index in [1.165, 1.54) is 0 Å². The van der Waals surface area contributed by atoms with Crippen molar-refractivity contribution in [2.24, 2.45) is 5.92 Å². The maximum absolute atomic E-state index is 12.5. The number of nitrogens with one attached hydrogen (secondary N) is 1. The zero-order chi connectivity index (χ0) is 16.2. The van der Waals surface area contributed by atoms with Gasteiger partial charge in [0.05, 0.1) is 5.56 Å². The van der Waals surface area contributed by atoms with Crippen LogP contribution in [0.1, 0.15) is 23.2 Å². The van der Waals surface area contributed by atoms with E-state index in [1.807, 2.05) is 0 Å². The number of benzene rings is 2. The van der Waals surface area contributed by atoms with Crippen LogP contribution in [0.15, 0.2) is 30.3 Å². The van der Waals surface area contributed by atoms with Crippen LogP contribution in [0.5, 0.6) is 11.5 Å². The van der Waals surface area contributed by atoms with Gasteiger partial charge in [0.1, 0.15) is 11.5 Å². The van der Waals surface area contributed by atoms with Gasteiger partial charge in [-0.1, -0.05) is 6.07 Å². The van der Waals surface area contributed by atoms with Gasteiger partial charge in [-0.2, -0.15) is 0 Å². The first-order valence-electron chi connectivity index (χ1n) is 7.92. The average molecular weight is 349 g/mol. The van der Waals surface area contributed by atoms with Crippen LogP contribution in [0.4, 0.5) is 0 Å². The van der Waals surface area contributed by atoms with Crippen LogP contribution in [0.25, 0.3) is 10.8 Å². The molecule has 2 saturated heterocycles. The van der Waals surface area contributed by atoms with Crippen LogP contribution >= 0.6 is 12.4 Å². The Kier molecular flexibility index (Phi) is 4.10. The van der Waals surface area contributed by atoms with Crippen molar-refractivity contribution in [1.29, 1.82) is 0 Å². The number of hydrogen-bond acceptors (Lipinski definition) is 4. The second-order valence-electron chi connectivity index (χ2n) is 6.96. The molecule has 2 aromatic rings. The second kappa shape index (κ2) is 5.83. The zero-order valence-corrected chi connectivity index (χ0v) is 14.3. The molecule has 0 atom stereocenters. The fraction of sp³-hybridized carbons (Fsp3) is 0.389. The molecule has 1 saturated carbocycles. The lowest BCUT2D eigenvalue weighted by Crippen LogP contribution is -2.52. The van der Waals surface area contributed by atoms with E-state index in [1.54, 1.807) is 30.3 Å². The molecular weight excluding hydrogens is 328 g/mol. The fourth-order valence-electron chi connectivity index (χ4n) is 4.11. The molecule has 2 aliphatic heterocycles. The standard InChI is InChI=1S/C18H20N2O3.ClH/c1-20-9-11-7-18(20,8-11)10-19-17(23)15-5-13-4-14(21)3-2-12(13)6-16(15)22;/h2-6,11,21-22H,7-10H2,1H3,(H,19,23);1H. The molecule has 3 fully saturated rings. The molecule has 1 aliphatic carbocycles. The van der Waals surface area contributed by atoms with Crippen molar-refractivity contribution < 1.29 is 15.0 Å². The Morgan fingerprint density at radius 2 is 2.00 bits per heavy atom. The van der Waals surface area contributed by atoms with Gasteiger partial charge in [0.2, 0.25) is 0 Å². The van der Waals surface area contributed by atoms with Gasteiger partial charge in [0, 0.05) is 18.6 Å². The third-order valence-corrected chi connectivity index (χ3v) is 5.44. The Balaban J connectivity index is 0.00000169. The van der Waals surface area contributed by atoms with Gasteiger partial charge in [0.25, 0.3) is 5.91 Å². The van der Waals surface area contributed by atoms with Gasteiger partial charge in [-0.15, -0.1) is 12.4 Å². The zero-order valence-electron chi connectivity index (χ0n) is 13.5. The number of carbonyl (C=O) groups is 1. The summed E-state index contributed by atoms with van der Waals surface area (Å²) in [6.45, 7) is 1.72. The molecule has 2 heterocycles. The Bertz CT molecular complexity index is 802. The van der Waals surface area contributed by atoms with E-state index in [0.717, 1.165) is 36.1 Å². The lowest BCUT2D eigenvalue weighted by molar-refractivity contribution is 0.0863. The topological polar surface area (TPSA) is 72.8 Å². The summed E-state index contributed by atoms with van der Waals surface area (Å²) in [5, 5.41) is 24.2. The highest BCUT2D eigenvalue weighted by molar-refractivity contribution is 6.01. The van der Waals surface area contributed by atoms with E-state index < -0.39 is 0 Å². The SMILES string of the molecule is CN1CC2CC1(CNC(=O)c1cc3cc(O)ccc3cc1O)C2.Cl. The number of phenolic OH excluding ortho intramolecular Hbond substituents is 2. The first kappa shape index (κ1) is 16.9. The van der Waals surface area contributed by atoms with Crippen molar-refractivity contribution in [3.05, 3.63) is 35.9 Å². The molecule has 24 heavy (non-hydrogen) atoms. The third-order valence-electron chi connectivity index (χ3n) is 5.44. The highest BCUT2D eigenvalue weighted by Gasteiger charge is 2.54. The fourth-order valence-corrected chi connectivity index (χ4v) is 4.11. The van der Waals surface area contributed by atoms with E-state index in [0.29, 0.717) is 6.54 Å². The number of carbonyl (C=O) groups excluding carboxylic acids is 1. The van der Waals surface area contributed by atoms with Crippen LogP contribution in [0, 0.1) is 5.92 Å². The van der Waals surface area contributed by atoms with E-state index in [-0.39, 0.29) is 40.9 Å². The minimum Gasteiger partial charge on any atom is -0.508 e. The molecule has 3 aliphatic rings. The van der Waals surface area contributed by atoms with E-state index in [2.05, 4.69) is 17.3 Å². The Hall–Kier alpha value is -1.98. The predicted octanol–water partition coefficient (Wildman–Crippen LogP) is 2.50. The van der Waals surface area contributed by atoms with Crippen molar-refractivity contribution >= 4 is 29.1 Å². The molecule has 0 aromatic heterocycles. The molecule has 2 bridgehead atoms. The number of hydrogen-bond donors (Lipinski definition) is 3. The van der Waals surface area contributed by atoms with Crippen LogP contribution in [0.2, 0.25) is 0 Å². The normalized spacial score (nSPS) is 25.1. The van der Waals surface area contributed by atoms with Gasteiger partial charge in [-0.3, -0.25) is 9.69 Å². The van der Waals surface area contributed by atoms with Crippen LogP contribution in [0.3, 0.4) is 0 Å². The van der Waals surface area contributed by atoms with E-state index >= 15 is 0 Å². The Morgan fingerprint density at radius 3 is 2.67 bits per heavy atom. The minimum atomic E-state index is -0.272. The number of phenols is 2. The summed E-state index contributed by atoms with van der Waals surface area (Å²) < 4.78 is 0. The summed E-state index contributed by atoms with van der Waals surface area (Å²) in [5.41, 5.74) is 0.349. The maximum Gasteiger partial charge on any atom is 0.255 e. The van der Waals surface area contributed by atoms with Crippen LogP contribution in [-0.4, -0.2) is 46.7 Å². The van der Waals surface area contributed by atoms with Crippen molar-refractivity contribution in [3.8, 4) is 11.5 Å². The molecule has 0 unspecified atom stereocenters. The summed E-state index contributed by atoms with van der Waals surface area (Å²) in [5.74, 6) is 0.603. The van der Waals surface area contributed by atoms with Gasteiger partial charge in [0.15, 0.2) is 0 Å². The number of fused-ring (bicyclic) bond motifs is 2. The maximum atomic E-state index is 12.5. The van der Waals surface area contributed by atoms with Crippen LogP contribution < -0.4 is 5.32 Å². The molecule has 2 aromatic carbocycles. The summed E-state index contributed by atoms with van der Waals surface area (Å²) in [6, 6.07) is 8.05. The number of likely N-dealkylation sites (N-methyl/N-ethyl adjacent to an activating group) is 1. The quantitative estimate of drug-likeness (QED) is 0.797. The molecule has 3 N–H and O–H groups in total. The number of amides is 1. The number of halogens is 1. The lowest BCUT2D eigenvalue weighted by atomic mass is 9.73. The van der Waals surface area contributed by atoms with Crippen LogP contribution in [-0.2, 0) is 0 Å². The monoisotopic (exact) mass is 348 g/mol. The Morgan fingerprint density at radius 1 is 1.25 bits per heavy atom. The molecule has 1 amide bonds. The highest BCUT2D eigenvalue weighted by atomic mass is 35.5. The Labute approximate surface area is 146 Å². The van der Waals surface area contributed by atoms with E-state index in [9.17, 15) is 15.0 Å².